The third-order valence-corrected chi connectivity index (χ3v) is 2.83. The molecule has 0 aliphatic rings. The van der Waals surface area contributed by atoms with Crippen molar-refractivity contribution >= 4 is 11.6 Å². The van der Waals surface area contributed by atoms with E-state index >= 15 is 0 Å². The van der Waals surface area contributed by atoms with Gasteiger partial charge in [-0.1, -0.05) is 17.7 Å². The minimum atomic E-state index is -0.405. The molecule has 1 aromatic rings. The van der Waals surface area contributed by atoms with Gasteiger partial charge in [-0.25, -0.2) is 4.39 Å². The number of aliphatic hydroxyl groups is 1. The third kappa shape index (κ3) is 3.16. The summed E-state index contributed by atoms with van der Waals surface area (Å²) < 4.78 is 12.9. The van der Waals surface area contributed by atoms with Gasteiger partial charge in [0.1, 0.15) is 5.82 Å². The van der Waals surface area contributed by atoms with Crippen molar-refractivity contribution in [1.29, 1.82) is 0 Å². The summed E-state index contributed by atoms with van der Waals surface area (Å²) in [6, 6.07) is 4.80. The second kappa shape index (κ2) is 5.45. The van der Waals surface area contributed by atoms with Crippen LogP contribution in [0.2, 0.25) is 5.02 Å². The van der Waals surface area contributed by atoms with E-state index in [-0.39, 0.29) is 17.7 Å². The molecule has 15 heavy (non-hydrogen) atoms. The van der Waals surface area contributed by atoms with E-state index in [2.05, 4.69) is 0 Å². The fourth-order valence-electron chi connectivity index (χ4n) is 1.38. The van der Waals surface area contributed by atoms with Crippen LogP contribution in [0.15, 0.2) is 18.2 Å². The fraction of sp³-hybridized carbons (Fsp3) is 0.455. The van der Waals surface area contributed by atoms with E-state index in [0.29, 0.717) is 6.54 Å². The van der Waals surface area contributed by atoms with Crippen LogP contribution in [0.25, 0.3) is 0 Å². The van der Waals surface area contributed by atoms with Gasteiger partial charge in [-0.2, -0.15) is 0 Å². The molecule has 0 radical (unpaired) electrons. The first-order valence-corrected chi connectivity index (χ1v) is 5.20. The average molecular weight is 232 g/mol. The highest BCUT2D eigenvalue weighted by Crippen LogP contribution is 2.23. The van der Waals surface area contributed by atoms with Crippen molar-refractivity contribution in [3.8, 4) is 0 Å². The summed E-state index contributed by atoms with van der Waals surface area (Å²) in [5.41, 5.74) is 0.942. The smallest absolute Gasteiger partial charge is 0.141 e. The number of halogens is 2. The van der Waals surface area contributed by atoms with E-state index in [4.69, 9.17) is 16.7 Å². The highest BCUT2D eigenvalue weighted by molar-refractivity contribution is 6.30. The Labute approximate surface area is 94.3 Å². The summed E-state index contributed by atoms with van der Waals surface area (Å²) in [5.74, 6) is -0.405. The topological polar surface area (TPSA) is 23.5 Å². The van der Waals surface area contributed by atoms with Gasteiger partial charge in [0.15, 0.2) is 0 Å². The van der Waals surface area contributed by atoms with Gasteiger partial charge in [0, 0.05) is 12.6 Å². The fourth-order valence-corrected chi connectivity index (χ4v) is 1.57. The lowest BCUT2D eigenvalue weighted by Crippen LogP contribution is -2.25. The van der Waals surface area contributed by atoms with E-state index in [1.54, 1.807) is 12.1 Å². The van der Waals surface area contributed by atoms with E-state index in [9.17, 15) is 4.39 Å². The van der Waals surface area contributed by atoms with Crippen molar-refractivity contribution in [3.63, 3.8) is 0 Å². The lowest BCUT2D eigenvalue weighted by Gasteiger charge is -2.24. The summed E-state index contributed by atoms with van der Waals surface area (Å²) in [6.07, 6.45) is 0. The molecule has 84 valence electrons. The van der Waals surface area contributed by atoms with Gasteiger partial charge in [-0.3, -0.25) is 4.90 Å². The Balaban J connectivity index is 2.81. The van der Waals surface area contributed by atoms with E-state index in [1.165, 1.54) is 6.07 Å². The standard InChI is InChI=1S/C11H15ClFNO/c1-8(14(2)5-6-15)9-3-4-11(13)10(12)7-9/h3-4,7-8,15H,5-6H2,1-2H3. The van der Waals surface area contributed by atoms with Gasteiger partial charge >= 0.3 is 0 Å². The van der Waals surface area contributed by atoms with Crippen molar-refractivity contribution in [2.24, 2.45) is 0 Å². The molecule has 0 saturated heterocycles. The van der Waals surface area contributed by atoms with Crippen LogP contribution in [-0.2, 0) is 0 Å². The van der Waals surface area contributed by atoms with E-state index in [1.807, 2.05) is 18.9 Å². The van der Waals surface area contributed by atoms with Crippen LogP contribution in [0.5, 0.6) is 0 Å². The van der Waals surface area contributed by atoms with Crippen LogP contribution in [0.4, 0.5) is 4.39 Å². The number of likely N-dealkylation sites (N-methyl/N-ethyl adjacent to an activating group) is 1. The zero-order valence-corrected chi connectivity index (χ0v) is 9.63. The first-order chi connectivity index (χ1) is 7.06. The van der Waals surface area contributed by atoms with Crippen LogP contribution in [0.1, 0.15) is 18.5 Å². The quantitative estimate of drug-likeness (QED) is 0.861. The first-order valence-electron chi connectivity index (χ1n) is 4.82. The number of hydrogen-bond donors (Lipinski definition) is 1. The van der Waals surface area contributed by atoms with E-state index in [0.717, 1.165) is 5.56 Å². The molecular weight excluding hydrogens is 217 g/mol. The van der Waals surface area contributed by atoms with E-state index < -0.39 is 5.82 Å². The van der Waals surface area contributed by atoms with Gasteiger partial charge in [0.2, 0.25) is 0 Å². The molecule has 1 N–H and O–H groups in total. The molecule has 2 nitrogen and oxygen atoms in total. The minimum absolute atomic E-state index is 0.107. The van der Waals surface area contributed by atoms with Crippen molar-refractivity contribution in [2.75, 3.05) is 20.2 Å². The maximum absolute atomic E-state index is 12.9. The highest BCUT2D eigenvalue weighted by atomic mass is 35.5. The number of rotatable bonds is 4. The Morgan fingerprint density at radius 2 is 2.20 bits per heavy atom. The molecular formula is C11H15ClFNO. The van der Waals surface area contributed by atoms with Gasteiger partial charge in [-0.15, -0.1) is 0 Å². The Hall–Kier alpha value is -0.640. The molecule has 1 rings (SSSR count). The Morgan fingerprint density at radius 3 is 2.73 bits per heavy atom. The van der Waals surface area contributed by atoms with Crippen LogP contribution >= 0.6 is 11.6 Å². The summed E-state index contributed by atoms with van der Waals surface area (Å²) in [7, 11) is 1.90. The van der Waals surface area contributed by atoms with Crippen molar-refractivity contribution in [3.05, 3.63) is 34.6 Å². The second-order valence-electron chi connectivity index (χ2n) is 3.55. The second-order valence-corrected chi connectivity index (χ2v) is 3.96. The first kappa shape index (κ1) is 12.4. The lowest BCUT2D eigenvalue weighted by atomic mass is 10.1. The SMILES string of the molecule is CC(c1ccc(F)c(Cl)c1)N(C)CCO. The molecule has 4 heteroatoms. The molecule has 0 bridgehead atoms. The molecule has 0 aliphatic carbocycles. The lowest BCUT2D eigenvalue weighted by molar-refractivity contribution is 0.188. The van der Waals surface area contributed by atoms with Gasteiger partial charge in [-0.05, 0) is 31.7 Å². The molecule has 0 heterocycles. The normalized spacial score (nSPS) is 13.2. The molecule has 0 spiro atoms. The predicted molar refractivity (Wildman–Crippen MR) is 59.5 cm³/mol. The minimum Gasteiger partial charge on any atom is -0.395 e. The predicted octanol–water partition coefficient (Wildman–Crippen LogP) is 2.46. The Kier molecular flexibility index (Phi) is 4.51. The van der Waals surface area contributed by atoms with Gasteiger partial charge in [0.25, 0.3) is 0 Å². The summed E-state index contributed by atoms with van der Waals surface area (Å²) >= 11 is 5.70. The van der Waals surface area contributed by atoms with Crippen LogP contribution < -0.4 is 0 Å². The monoisotopic (exact) mass is 231 g/mol. The zero-order chi connectivity index (χ0) is 11.4. The summed E-state index contributed by atoms with van der Waals surface area (Å²) in [6.45, 7) is 2.67. The maximum atomic E-state index is 12.9. The Morgan fingerprint density at radius 1 is 1.53 bits per heavy atom. The number of benzene rings is 1. The summed E-state index contributed by atoms with van der Waals surface area (Å²) in [5, 5.41) is 8.94. The van der Waals surface area contributed by atoms with Crippen LogP contribution in [0.3, 0.4) is 0 Å². The number of hydrogen-bond acceptors (Lipinski definition) is 2. The van der Waals surface area contributed by atoms with Gasteiger partial charge < -0.3 is 5.11 Å². The highest BCUT2D eigenvalue weighted by Gasteiger charge is 2.12. The van der Waals surface area contributed by atoms with Crippen LogP contribution in [-0.4, -0.2) is 30.2 Å². The number of aliphatic hydroxyl groups excluding tert-OH is 1. The van der Waals surface area contributed by atoms with Crippen molar-refractivity contribution in [2.45, 2.75) is 13.0 Å². The molecule has 0 aromatic heterocycles. The molecule has 0 saturated carbocycles. The molecule has 0 fully saturated rings. The molecule has 0 amide bonds. The van der Waals surface area contributed by atoms with Crippen molar-refractivity contribution in [1.82, 2.24) is 4.90 Å². The number of nitrogens with zero attached hydrogens (tertiary/aromatic N) is 1. The summed E-state index contributed by atoms with van der Waals surface area (Å²) in [4.78, 5) is 1.98. The largest absolute Gasteiger partial charge is 0.395 e. The average Bonchev–Trinajstić information content (AvgIpc) is 2.21. The zero-order valence-electron chi connectivity index (χ0n) is 8.87. The Bertz CT molecular complexity index is 332. The van der Waals surface area contributed by atoms with Gasteiger partial charge in [0.05, 0.1) is 11.6 Å². The molecule has 1 unspecified atom stereocenters. The molecule has 1 atom stereocenters. The van der Waals surface area contributed by atoms with Crippen molar-refractivity contribution < 1.29 is 9.50 Å². The van der Waals surface area contributed by atoms with Crippen LogP contribution in [0, 0.1) is 5.82 Å². The maximum Gasteiger partial charge on any atom is 0.141 e. The molecule has 1 aromatic carbocycles. The molecule has 0 aliphatic heterocycles. The third-order valence-electron chi connectivity index (χ3n) is 2.54.